The van der Waals surface area contributed by atoms with Crippen LogP contribution >= 0.6 is 0 Å². The van der Waals surface area contributed by atoms with Gasteiger partial charge in [-0.1, -0.05) is 12.1 Å². The SMILES string of the molecule is Cc1ccc(-c2cn(C)nc2C(=O)O)c(F)c1. The largest absolute Gasteiger partial charge is 0.476 e. The summed E-state index contributed by atoms with van der Waals surface area (Å²) in [5.74, 6) is -1.61. The predicted molar refractivity (Wildman–Crippen MR) is 60.3 cm³/mol. The second-order valence-electron chi connectivity index (χ2n) is 3.85. The number of aromatic nitrogens is 2. The highest BCUT2D eigenvalue weighted by molar-refractivity contribution is 5.93. The van der Waals surface area contributed by atoms with Crippen molar-refractivity contribution in [3.63, 3.8) is 0 Å². The molecule has 1 aromatic heterocycles. The highest BCUT2D eigenvalue weighted by Crippen LogP contribution is 2.26. The highest BCUT2D eigenvalue weighted by Gasteiger charge is 2.18. The molecule has 1 aromatic carbocycles. The Morgan fingerprint density at radius 2 is 2.12 bits per heavy atom. The third-order valence-corrected chi connectivity index (χ3v) is 2.45. The smallest absolute Gasteiger partial charge is 0.357 e. The Hall–Kier alpha value is -2.17. The molecule has 0 amide bonds. The summed E-state index contributed by atoms with van der Waals surface area (Å²) in [4.78, 5) is 11.0. The van der Waals surface area contributed by atoms with Gasteiger partial charge in [0.05, 0.1) is 0 Å². The van der Waals surface area contributed by atoms with E-state index in [4.69, 9.17) is 5.11 Å². The number of aryl methyl sites for hydroxylation is 2. The number of benzene rings is 1. The van der Waals surface area contributed by atoms with E-state index in [9.17, 15) is 9.18 Å². The number of carboxylic acids is 1. The number of hydrogen-bond acceptors (Lipinski definition) is 2. The van der Waals surface area contributed by atoms with Gasteiger partial charge < -0.3 is 5.11 Å². The van der Waals surface area contributed by atoms with Crippen LogP contribution in [0, 0.1) is 12.7 Å². The van der Waals surface area contributed by atoms with Gasteiger partial charge in [-0.15, -0.1) is 0 Å². The Morgan fingerprint density at radius 1 is 1.41 bits per heavy atom. The number of carboxylic acid groups (broad SMARTS) is 1. The quantitative estimate of drug-likeness (QED) is 0.866. The van der Waals surface area contributed by atoms with Crippen LogP contribution in [0.3, 0.4) is 0 Å². The first-order chi connectivity index (χ1) is 7.99. The number of hydrogen-bond donors (Lipinski definition) is 1. The van der Waals surface area contributed by atoms with Crippen molar-refractivity contribution in [1.82, 2.24) is 9.78 Å². The predicted octanol–water partition coefficient (Wildman–Crippen LogP) is 2.23. The number of nitrogens with zero attached hydrogens (tertiary/aromatic N) is 2. The summed E-state index contributed by atoms with van der Waals surface area (Å²) >= 11 is 0. The summed E-state index contributed by atoms with van der Waals surface area (Å²) in [5.41, 5.74) is 1.18. The minimum absolute atomic E-state index is 0.143. The van der Waals surface area contributed by atoms with E-state index in [-0.39, 0.29) is 16.8 Å². The maximum atomic E-state index is 13.8. The average molecular weight is 234 g/mol. The van der Waals surface area contributed by atoms with E-state index in [1.807, 2.05) is 0 Å². The lowest BCUT2D eigenvalue weighted by molar-refractivity contribution is 0.0690. The second kappa shape index (κ2) is 4.01. The zero-order chi connectivity index (χ0) is 12.6. The van der Waals surface area contributed by atoms with Crippen LogP contribution < -0.4 is 0 Å². The van der Waals surface area contributed by atoms with Crippen molar-refractivity contribution in [3.8, 4) is 11.1 Å². The molecule has 0 fully saturated rings. The van der Waals surface area contributed by atoms with Gasteiger partial charge >= 0.3 is 5.97 Å². The highest BCUT2D eigenvalue weighted by atomic mass is 19.1. The molecule has 4 nitrogen and oxygen atoms in total. The average Bonchev–Trinajstić information content (AvgIpc) is 2.60. The molecule has 2 aromatic rings. The standard InChI is InChI=1S/C12H11FN2O2/c1-7-3-4-8(10(13)5-7)9-6-15(2)14-11(9)12(16)17/h3-6H,1-2H3,(H,16,17). The molecule has 0 saturated carbocycles. The Labute approximate surface area is 97.3 Å². The molecule has 2 rings (SSSR count). The third kappa shape index (κ3) is 2.04. The third-order valence-electron chi connectivity index (χ3n) is 2.45. The van der Waals surface area contributed by atoms with E-state index in [2.05, 4.69) is 5.10 Å². The summed E-state index contributed by atoms with van der Waals surface area (Å²) in [5, 5.41) is 12.8. The molecule has 1 heterocycles. The number of aromatic carboxylic acids is 1. The van der Waals surface area contributed by atoms with E-state index in [1.165, 1.54) is 16.9 Å². The Morgan fingerprint density at radius 3 is 2.71 bits per heavy atom. The number of rotatable bonds is 2. The van der Waals surface area contributed by atoms with E-state index in [0.29, 0.717) is 0 Å². The van der Waals surface area contributed by atoms with Crippen LogP contribution in [0.4, 0.5) is 4.39 Å². The van der Waals surface area contributed by atoms with Crippen LogP contribution in [-0.2, 0) is 7.05 Å². The monoisotopic (exact) mass is 234 g/mol. The molecule has 0 aliphatic heterocycles. The van der Waals surface area contributed by atoms with E-state index in [0.717, 1.165) is 5.56 Å². The van der Waals surface area contributed by atoms with E-state index in [1.54, 1.807) is 26.1 Å². The molecule has 0 unspecified atom stereocenters. The molecule has 1 N–H and O–H groups in total. The Kier molecular flexibility index (Phi) is 2.67. The summed E-state index contributed by atoms with van der Waals surface area (Å²) in [6.45, 7) is 1.77. The Bertz CT molecular complexity index is 590. The molecule has 17 heavy (non-hydrogen) atoms. The molecule has 0 radical (unpaired) electrons. The lowest BCUT2D eigenvalue weighted by Gasteiger charge is -2.02. The fourth-order valence-electron chi connectivity index (χ4n) is 1.68. The molecule has 88 valence electrons. The van der Waals surface area contributed by atoms with Crippen molar-refractivity contribution in [3.05, 3.63) is 41.5 Å². The molecular formula is C12H11FN2O2. The van der Waals surface area contributed by atoms with Crippen molar-refractivity contribution >= 4 is 5.97 Å². The van der Waals surface area contributed by atoms with Gasteiger partial charge in [-0.25, -0.2) is 9.18 Å². The summed E-state index contributed by atoms with van der Waals surface area (Å²) < 4.78 is 15.1. The summed E-state index contributed by atoms with van der Waals surface area (Å²) in [7, 11) is 1.60. The molecule has 0 aliphatic rings. The van der Waals surface area contributed by atoms with Crippen LogP contribution in [0.5, 0.6) is 0 Å². The summed E-state index contributed by atoms with van der Waals surface area (Å²) in [6.07, 6.45) is 1.50. The van der Waals surface area contributed by atoms with Gasteiger partial charge in [0.15, 0.2) is 5.69 Å². The maximum absolute atomic E-state index is 13.8. The van der Waals surface area contributed by atoms with Crippen LogP contribution in [0.1, 0.15) is 16.1 Å². The van der Waals surface area contributed by atoms with Gasteiger partial charge in [-0.05, 0) is 18.6 Å². The maximum Gasteiger partial charge on any atom is 0.357 e. The summed E-state index contributed by atoms with van der Waals surface area (Å²) in [6, 6.07) is 4.67. The van der Waals surface area contributed by atoms with Crippen molar-refractivity contribution in [2.24, 2.45) is 7.05 Å². The van der Waals surface area contributed by atoms with Crippen molar-refractivity contribution in [2.75, 3.05) is 0 Å². The first kappa shape index (κ1) is 11.3. The van der Waals surface area contributed by atoms with Gasteiger partial charge in [-0.3, -0.25) is 4.68 Å². The van der Waals surface area contributed by atoms with Crippen LogP contribution in [0.15, 0.2) is 24.4 Å². The minimum atomic E-state index is -1.17. The van der Waals surface area contributed by atoms with Crippen molar-refractivity contribution in [2.45, 2.75) is 6.92 Å². The zero-order valence-electron chi connectivity index (χ0n) is 9.44. The van der Waals surface area contributed by atoms with Gasteiger partial charge in [0.25, 0.3) is 0 Å². The number of halogens is 1. The van der Waals surface area contributed by atoms with Crippen LogP contribution in [-0.4, -0.2) is 20.9 Å². The zero-order valence-corrected chi connectivity index (χ0v) is 9.44. The fraction of sp³-hybridized carbons (Fsp3) is 0.167. The molecule has 0 spiro atoms. The van der Waals surface area contributed by atoms with Gasteiger partial charge in [-0.2, -0.15) is 5.10 Å². The van der Waals surface area contributed by atoms with Gasteiger partial charge in [0, 0.05) is 24.4 Å². The van der Waals surface area contributed by atoms with Gasteiger partial charge in [0.1, 0.15) is 5.82 Å². The van der Waals surface area contributed by atoms with Crippen molar-refractivity contribution in [1.29, 1.82) is 0 Å². The molecule has 0 aliphatic carbocycles. The number of carbonyl (C=O) groups is 1. The Balaban J connectivity index is 2.63. The van der Waals surface area contributed by atoms with E-state index >= 15 is 0 Å². The second-order valence-corrected chi connectivity index (χ2v) is 3.85. The molecule has 0 saturated heterocycles. The molecule has 0 atom stereocenters. The first-order valence-corrected chi connectivity index (χ1v) is 5.02. The lowest BCUT2D eigenvalue weighted by Crippen LogP contribution is -2.01. The normalized spacial score (nSPS) is 10.5. The minimum Gasteiger partial charge on any atom is -0.476 e. The van der Waals surface area contributed by atoms with Crippen LogP contribution in [0.25, 0.3) is 11.1 Å². The van der Waals surface area contributed by atoms with Crippen molar-refractivity contribution < 1.29 is 14.3 Å². The molecule has 5 heteroatoms. The van der Waals surface area contributed by atoms with Gasteiger partial charge in [0.2, 0.25) is 0 Å². The first-order valence-electron chi connectivity index (χ1n) is 5.02. The molecule has 0 bridgehead atoms. The fourth-order valence-corrected chi connectivity index (χ4v) is 1.68. The molecular weight excluding hydrogens is 223 g/mol. The van der Waals surface area contributed by atoms with E-state index < -0.39 is 11.8 Å². The lowest BCUT2D eigenvalue weighted by atomic mass is 10.0. The topological polar surface area (TPSA) is 55.1 Å². The van der Waals surface area contributed by atoms with Crippen LogP contribution in [0.2, 0.25) is 0 Å².